The summed E-state index contributed by atoms with van der Waals surface area (Å²) in [7, 11) is 0. The summed E-state index contributed by atoms with van der Waals surface area (Å²) in [6.07, 6.45) is 0. The largest absolute Gasteiger partial charge is 0.309 e. The summed E-state index contributed by atoms with van der Waals surface area (Å²) >= 11 is 4.44. The quantitative estimate of drug-likeness (QED) is 0.415. The number of hydrogen-bond acceptors (Lipinski definition) is 2. The Hall–Kier alpha value is -0.970. The summed E-state index contributed by atoms with van der Waals surface area (Å²) in [6, 6.07) is 0.787. The van der Waals surface area contributed by atoms with Crippen LogP contribution >= 0.6 is 12.2 Å². The normalized spacial score (nSPS) is 9.44. The Kier molecular flexibility index (Phi) is 1.44. The second kappa shape index (κ2) is 2.10. The minimum absolute atomic E-state index is 0.000000000000000222. The molecule has 0 saturated heterocycles. The molecule has 0 radical (unpaired) electrons. The standard InChI is InChI=1S/C4H3FN2OS/c5-2-1-3(8)7-4(9)6-2/h1H,(H2,6,7,8,9). The molecule has 0 unspecified atom stereocenters. The molecule has 0 atom stereocenters. The van der Waals surface area contributed by atoms with Gasteiger partial charge in [-0.05, 0) is 12.2 Å². The molecule has 9 heavy (non-hydrogen) atoms. The van der Waals surface area contributed by atoms with E-state index in [1.165, 1.54) is 0 Å². The van der Waals surface area contributed by atoms with Gasteiger partial charge in [0.2, 0.25) is 0 Å². The monoisotopic (exact) mass is 146 g/mol. The molecule has 0 aliphatic heterocycles. The van der Waals surface area contributed by atoms with Crippen LogP contribution in [0.25, 0.3) is 0 Å². The van der Waals surface area contributed by atoms with E-state index in [0.717, 1.165) is 6.07 Å². The SMILES string of the molecule is O=c1cc(F)[nH]c(=S)[nH]1. The number of nitrogens with one attached hydrogen (secondary N) is 2. The third-order valence-corrected chi connectivity index (χ3v) is 0.932. The van der Waals surface area contributed by atoms with Crippen molar-refractivity contribution in [1.29, 1.82) is 0 Å². The highest BCUT2D eigenvalue weighted by Gasteiger charge is 1.87. The molecular weight excluding hydrogens is 143 g/mol. The van der Waals surface area contributed by atoms with Gasteiger partial charge in [0.15, 0.2) is 10.7 Å². The fourth-order valence-corrected chi connectivity index (χ4v) is 0.637. The molecule has 3 nitrogen and oxygen atoms in total. The van der Waals surface area contributed by atoms with Gasteiger partial charge in [0.25, 0.3) is 5.56 Å². The molecule has 0 amide bonds. The number of aromatic nitrogens is 2. The first-order valence-corrected chi connectivity index (χ1v) is 2.58. The van der Waals surface area contributed by atoms with Gasteiger partial charge in [-0.15, -0.1) is 0 Å². The molecule has 0 aromatic carbocycles. The van der Waals surface area contributed by atoms with Crippen molar-refractivity contribution < 1.29 is 4.39 Å². The lowest BCUT2D eigenvalue weighted by atomic mass is 10.6. The van der Waals surface area contributed by atoms with Gasteiger partial charge in [0, 0.05) is 0 Å². The second-order valence-corrected chi connectivity index (χ2v) is 1.84. The average Bonchev–Trinajstić information content (AvgIpc) is 1.59. The zero-order chi connectivity index (χ0) is 6.85. The summed E-state index contributed by atoms with van der Waals surface area (Å²) in [5.41, 5.74) is -0.531. The maximum absolute atomic E-state index is 12.1. The Balaban J connectivity index is 3.52. The lowest BCUT2D eigenvalue weighted by molar-refractivity contribution is 0.574. The number of hydrogen-bond donors (Lipinski definition) is 2. The van der Waals surface area contributed by atoms with Crippen LogP contribution in [0, 0.1) is 10.7 Å². The van der Waals surface area contributed by atoms with E-state index in [4.69, 9.17) is 0 Å². The highest BCUT2D eigenvalue weighted by Crippen LogP contribution is 1.81. The van der Waals surface area contributed by atoms with Crippen LogP contribution in [0.15, 0.2) is 10.9 Å². The van der Waals surface area contributed by atoms with E-state index < -0.39 is 11.5 Å². The van der Waals surface area contributed by atoms with Gasteiger partial charge in [-0.2, -0.15) is 4.39 Å². The molecule has 0 aliphatic rings. The fraction of sp³-hybridized carbons (Fsp3) is 0. The zero-order valence-electron chi connectivity index (χ0n) is 4.27. The maximum Gasteiger partial charge on any atom is 0.254 e. The summed E-state index contributed by atoms with van der Waals surface area (Å²) in [4.78, 5) is 14.6. The molecule has 0 spiro atoms. The molecule has 0 bridgehead atoms. The molecule has 1 rings (SSSR count). The van der Waals surface area contributed by atoms with Crippen molar-refractivity contribution in [3.63, 3.8) is 0 Å². The van der Waals surface area contributed by atoms with Gasteiger partial charge in [0.1, 0.15) is 0 Å². The van der Waals surface area contributed by atoms with Crippen molar-refractivity contribution in [2.75, 3.05) is 0 Å². The van der Waals surface area contributed by atoms with Crippen LogP contribution in [0.4, 0.5) is 4.39 Å². The molecule has 0 saturated carbocycles. The van der Waals surface area contributed by atoms with E-state index >= 15 is 0 Å². The first kappa shape index (κ1) is 6.15. The van der Waals surface area contributed by atoms with E-state index in [-0.39, 0.29) is 4.77 Å². The first-order chi connectivity index (χ1) is 4.18. The average molecular weight is 146 g/mol. The Bertz CT molecular complexity index is 287. The van der Waals surface area contributed by atoms with Crippen molar-refractivity contribution >= 4 is 12.2 Å². The molecule has 1 aromatic heterocycles. The topological polar surface area (TPSA) is 48.6 Å². The third kappa shape index (κ3) is 1.46. The second-order valence-electron chi connectivity index (χ2n) is 1.44. The van der Waals surface area contributed by atoms with Gasteiger partial charge in [-0.3, -0.25) is 9.78 Å². The van der Waals surface area contributed by atoms with Gasteiger partial charge in [-0.25, -0.2) is 0 Å². The lowest BCUT2D eigenvalue weighted by Crippen LogP contribution is -2.06. The molecule has 1 aromatic rings. The number of H-pyrrole nitrogens is 2. The molecule has 5 heteroatoms. The van der Waals surface area contributed by atoms with E-state index in [1.54, 1.807) is 0 Å². The van der Waals surface area contributed by atoms with Crippen LogP contribution in [0.1, 0.15) is 0 Å². The van der Waals surface area contributed by atoms with Crippen LogP contribution in [-0.2, 0) is 0 Å². The minimum atomic E-state index is -0.719. The third-order valence-electron chi connectivity index (χ3n) is 0.727. The first-order valence-electron chi connectivity index (χ1n) is 2.17. The Labute approximate surface area is 54.6 Å². The smallest absolute Gasteiger partial charge is 0.254 e. The van der Waals surface area contributed by atoms with Crippen molar-refractivity contribution in [3.05, 3.63) is 27.1 Å². The summed E-state index contributed by atoms with van der Waals surface area (Å²) < 4.78 is 12.1. The summed E-state index contributed by atoms with van der Waals surface area (Å²) in [5.74, 6) is -0.719. The van der Waals surface area contributed by atoms with Crippen molar-refractivity contribution in [2.45, 2.75) is 0 Å². The van der Waals surface area contributed by atoms with Gasteiger partial charge < -0.3 is 4.98 Å². The van der Waals surface area contributed by atoms with Crippen molar-refractivity contribution in [2.24, 2.45) is 0 Å². The minimum Gasteiger partial charge on any atom is -0.309 e. The molecule has 48 valence electrons. The highest BCUT2D eigenvalue weighted by molar-refractivity contribution is 7.71. The van der Waals surface area contributed by atoms with Gasteiger partial charge >= 0.3 is 0 Å². The van der Waals surface area contributed by atoms with Gasteiger partial charge in [-0.1, -0.05) is 0 Å². The van der Waals surface area contributed by atoms with Crippen molar-refractivity contribution in [1.82, 2.24) is 9.97 Å². The molecule has 2 N–H and O–H groups in total. The van der Waals surface area contributed by atoms with Gasteiger partial charge in [0.05, 0.1) is 6.07 Å². The summed E-state index contributed by atoms with van der Waals surface area (Å²) in [6.45, 7) is 0. The van der Waals surface area contributed by atoms with Crippen LogP contribution in [0.5, 0.6) is 0 Å². The summed E-state index contributed by atoms with van der Waals surface area (Å²) in [5, 5.41) is 0. The zero-order valence-corrected chi connectivity index (χ0v) is 5.09. The van der Waals surface area contributed by atoms with Crippen LogP contribution < -0.4 is 5.56 Å². The predicted octanol–water partition coefficient (Wildman–Crippen LogP) is 0.572. The fourth-order valence-electron chi connectivity index (χ4n) is 0.439. The predicted molar refractivity (Wildman–Crippen MR) is 32.2 cm³/mol. The van der Waals surface area contributed by atoms with E-state index in [1.807, 2.05) is 0 Å². The molecule has 0 fully saturated rings. The Morgan fingerprint density at radius 2 is 2.22 bits per heavy atom. The molecule has 1 heterocycles. The van der Waals surface area contributed by atoms with Crippen molar-refractivity contribution in [3.8, 4) is 0 Å². The van der Waals surface area contributed by atoms with E-state index in [2.05, 4.69) is 22.2 Å². The lowest BCUT2D eigenvalue weighted by Gasteiger charge is -1.84. The van der Waals surface area contributed by atoms with E-state index in [9.17, 15) is 9.18 Å². The highest BCUT2D eigenvalue weighted by atomic mass is 32.1. The number of halogens is 1. The number of rotatable bonds is 0. The van der Waals surface area contributed by atoms with Crippen LogP contribution in [0.2, 0.25) is 0 Å². The molecular formula is C4H3FN2OS. The molecule has 0 aliphatic carbocycles. The van der Waals surface area contributed by atoms with Crippen LogP contribution in [-0.4, -0.2) is 9.97 Å². The van der Waals surface area contributed by atoms with Crippen LogP contribution in [0.3, 0.4) is 0 Å². The Morgan fingerprint density at radius 1 is 1.56 bits per heavy atom. The van der Waals surface area contributed by atoms with E-state index in [0.29, 0.717) is 0 Å². The number of aromatic amines is 2. The maximum atomic E-state index is 12.1. The Morgan fingerprint density at radius 3 is 2.67 bits per heavy atom.